The van der Waals surface area contributed by atoms with Gasteiger partial charge < -0.3 is 15.6 Å². The van der Waals surface area contributed by atoms with Crippen molar-refractivity contribution in [3.63, 3.8) is 0 Å². The quantitative estimate of drug-likeness (QED) is 0.735. The van der Waals surface area contributed by atoms with Crippen LogP contribution < -0.4 is 11.1 Å². The Kier molecular flexibility index (Phi) is 3.48. The molecule has 0 aliphatic rings. The molecule has 0 saturated heterocycles. The topological polar surface area (TPSA) is 120 Å². The van der Waals surface area contributed by atoms with Crippen molar-refractivity contribution in [1.82, 2.24) is 25.4 Å². The summed E-state index contributed by atoms with van der Waals surface area (Å²) in [6.07, 6.45) is 3.61. The maximum atomic E-state index is 12.1. The number of nitrogens with two attached hydrogens (primary N) is 1. The smallest absolute Gasteiger partial charge is 0.263 e. The molecule has 0 aliphatic carbocycles. The number of anilines is 1. The van der Waals surface area contributed by atoms with Crippen molar-refractivity contribution in [2.45, 2.75) is 13.3 Å². The molecule has 8 nitrogen and oxygen atoms in total. The second kappa shape index (κ2) is 5.44. The van der Waals surface area contributed by atoms with Crippen molar-refractivity contribution in [2.24, 2.45) is 0 Å². The summed E-state index contributed by atoms with van der Waals surface area (Å²) in [4.78, 5) is 25.5. The molecule has 0 aromatic carbocycles. The third kappa shape index (κ3) is 2.68. The molecule has 0 unspecified atom stereocenters. The molecule has 9 heteroatoms. The van der Waals surface area contributed by atoms with Crippen molar-refractivity contribution >= 4 is 33.3 Å². The molecule has 0 atom stereocenters. The number of nitrogens with zero attached hydrogens (tertiary/aromatic N) is 4. The number of rotatable bonds is 4. The van der Waals surface area contributed by atoms with Crippen LogP contribution in [-0.2, 0) is 6.42 Å². The van der Waals surface area contributed by atoms with E-state index in [4.69, 9.17) is 10.3 Å². The average molecular weight is 304 g/mol. The lowest BCUT2D eigenvalue weighted by Crippen LogP contribution is -2.25. The van der Waals surface area contributed by atoms with Gasteiger partial charge in [0.05, 0.1) is 5.69 Å². The maximum Gasteiger partial charge on any atom is 0.263 e. The van der Waals surface area contributed by atoms with Gasteiger partial charge in [-0.2, -0.15) is 4.98 Å². The van der Waals surface area contributed by atoms with Crippen LogP contribution in [0.3, 0.4) is 0 Å². The van der Waals surface area contributed by atoms with Crippen LogP contribution in [0.15, 0.2) is 16.9 Å². The molecule has 0 saturated carbocycles. The SMILES string of the molecule is Cc1nc(CCNC(=O)c2sc3nccnc3c2N)no1. The number of fused-ring (bicyclic) bond motifs is 1. The van der Waals surface area contributed by atoms with E-state index in [-0.39, 0.29) is 5.91 Å². The molecule has 3 heterocycles. The van der Waals surface area contributed by atoms with Gasteiger partial charge in [-0.3, -0.25) is 4.79 Å². The average Bonchev–Trinajstić information content (AvgIpc) is 3.03. The number of nitrogen functional groups attached to an aromatic ring is 1. The Labute approximate surface area is 123 Å². The Hall–Kier alpha value is -2.55. The van der Waals surface area contributed by atoms with E-state index in [9.17, 15) is 4.79 Å². The number of carbonyl (C=O) groups is 1. The van der Waals surface area contributed by atoms with Crippen LogP contribution in [0.25, 0.3) is 10.3 Å². The molecular weight excluding hydrogens is 292 g/mol. The van der Waals surface area contributed by atoms with Crippen molar-refractivity contribution in [3.05, 3.63) is 29.0 Å². The Morgan fingerprint density at radius 1 is 1.43 bits per heavy atom. The molecule has 0 radical (unpaired) electrons. The molecule has 108 valence electrons. The zero-order chi connectivity index (χ0) is 14.8. The van der Waals surface area contributed by atoms with Gasteiger partial charge in [0.25, 0.3) is 5.91 Å². The maximum absolute atomic E-state index is 12.1. The van der Waals surface area contributed by atoms with Crippen LogP contribution >= 0.6 is 11.3 Å². The number of thiophene rings is 1. The van der Waals surface area contributed by atoms with Crippen LogP contribution in [0.2, 0.25) is 0 Å². The van der Waals surface area contributed by atoms with E-state index in [2.05, 4.69) is 25.4 Å². The van der Waals surface area contributed by atoms with Crippen molar-refractivity contribution in [2.75, 3.05) is 12.3 Å². The highest BCUT2D eigenvalue weighted by molar-refractivity contribution is 7.21. The molecular formula is C12H12N6O2S. The molecule has 0 spiro atoms. The first-order valence-corrected chi connectivity index (χ1v) is 7.03. The van der Waals surface area contributed by atoms with Crippen molar-refractivity contribution < 1.29 is 9.32 Å². The summed E-state index contributed by atoms with van der Waals surface area (Å²) in [6.45, 7) is 2.11. The van der Waals surface area contributed by atoms with Crippen LogP contribution in [0.5, 0.6) is 0 Å². The Morgan fingerprint density at radius 3 is 2.95 bits per heavy atom. The highest BCUT2D eigenvalue weighted by Gasteiger charge is 2.17. The summed E-state index contributed by atoms with van der Waals surface area (Å²) in [5.41, 5.74) is 6.85. The highest BCUT2D eigenvalue weighted by Crippen LogP contribution is 2.30. The molecule has 3 aromatic heterocycles. The predicted octanol–water partition coefficient (Wildman–Crippen LogP) is 0.937. The van der Waals surface area contributed by atoms with Crippen LogP contribution in [0.1, 0.15) is 21.4 Å². The first kappa shape index (κ1) is 13.4. The van der Waals surface area contributed by atoms with Gasteiger partial charge in [0.1, 0.15) is 15.2 Å². The van der Waals surface area contributed by atoms with Gasteiger partial charge in [0, 0.05) is 32.3 Å². The van der Waals surface area contributed by atoms with E-state index in [1.54, 1.807) is 19.3 Å². The van der Waals surface area contributed by atoms with Gasteiger partial charge in [-0.15, -0.1) is 11.3 Å². The summed E-state index contributed by atoms with van der Waals surface area (Å²) in [5.74, 6) is 0.806. The summed E-state index contributed by atoms with van der Waals surface area (Å²) < 4.78 is 4.86. The fraction of sp³-hybridized carbons (Fsp3) is 0.250. The van der Waals surface area contributed by atoms with Crippen LogP contribution in [0.4, 0.5) is 5.69 Å². The van der Waals surface area contributed by atoms with E-state index in [0.717, 1.165) is 0 Å². The Bertz CT molecular complexity index is 796. The minimum Gasteiger partial charge on any atom is -0.396 e. The molecule has 3 aromatic rings. The second-order valence-corrected chi connectivity index (χ2v) is 5.29. The minimum atomic E-state index is -0.252. The highest BCUT2D eigenvalue weighted by atomic mass is 32.1. The van der Waals surface area contributed by atoms with Gasteiger partial charge in [-0.25, -0.2) is 9.97 Å². The van der Waals surface area contributed by atoms with Gasteiger partial charge in [-0.1, -0.05) is 5.16 Å². The van der Waals surface area contributed by atoms with Gasteiger partial charge >= 0.3 is 0 Å². The lowest BCUT2D eigenvalue weighted by Gasteiger charge is -2.01. The second-order valence-electron chi connectivity index (χ2n) is 4.29. The number of hydrogen-bond donors (Lipinski definition) is 2. The van der Waals surface area contributed by atoms with Gasteiger partial charge in [0.2, 0.25) is 5.89 Å². The van der Waals surface area contributed by atoms with E-state index < -0.39 is 0 Å². The molecule has 0 fully saturated rings. The lowest BCUT2D eigenvalue weighted by molar-refractivity contribution is 0.0959. The number of carbonyl (C=O) groups excluding carboxylic acids is 1. The molecule has 0 aliphatic heterocycles. The third-order valence-electron chi connectivity index (χ3n) is 2.77. The molecule has 3 rings (SSSR count). The van der Waals surface area contributed by atoms with Crippen molar-refractivity contribution in [1.29, 1.82) is 0 Å². The van der Waals surface area contributed by atoms with Crippen LogP contribution in [0, 0.1) is 6.92 Å². The monoisotopic (exact) mass is 304 g/mol. The first-order chi connectivity index (χ1) is 10.1. The minimum absolute atomic E-state index is 0.252. The first-order valence-electron chi connectivity index (χ1n) is 6.21. The third-order valence-corrected chi connectivity index (χ3v) is 3.87. The Balaban J connectivity index is 1.68. The normalized spacial score (nSPS) is 10.9. The van der Waals surface area contributed by atoms with Gasteiger partial charge in [-0.05, 0) is 0 Å². The number of hydrogen-bond acceptors (Lipinski definition) is 8. The Morgan fingerprint density at radius 2 is 2.24 bits per heavy atom. The summed E-state index contributed by atoms with van der Waals surface area (Å²) in [6, 6.07) is 0. The standard InChI is InChI=1S/C12H12N6O2S/c1-6-17-7(18-20-6)2-3-15-11(19)10-8(13)9-12(21-10)16-5-4-14-9/h4-5H,2-3,13H2,1H3,(H,15,19). The fourth-order valence-electron chi connectivity index (χ4n) is 1.82. The molecule has 0 bridgehead atoms. The fourth-order valence-corrected chi connectivity index (χ4v) is 2.76. The largest absolute Gasteiger partial charge is 0.396 e. The molecule has 1 amide bonds. The van der Waals surface area contributed by atoms with E-state index in [0.29, 0.717) is 45.6 Å². The van der Waals surface area contributed by atoms with Crippen molar-refractivity contribution in [3.8, 4) is 0 Å². The summed E-state index contributed by atoms with van der Waals surface area (Å²) in [7, 11) is 0. The number of amides is 1. The van der Waals surface area contributed by atoms with Crippen LogP contribution in [-0.4, -0.2) is 32.6 Å². The molecule has 21 heavy (non-hydrogen) atoms. The zero-order valence-electron chi connectivity index (χ0n) is 11.2. The zero-order valence-corrected chi connectivity index (χ0v) is 12.0. The summed E-state index contributed by atoms with van der Waals surface area (Å²) in [5, 5.41) is 6.53. The predicted molar refractivity (Wildman–Crippen MR) is 76.9 cm³/mol. The van der Waals surface area contributed by atoms with E-state index >= 15 is 0 Å². The molecule has 3 N–H and O–H groups in total. The lowest BCUT2D eigenvalue weighted by atomic mass is 10.3. The number of aromatic nitrogens is 4. The number of aryl methyl sites for hydroxylation is 1. The summed E-state index contributed by atoms with van der Waals surface area (Å²) >= 11 is 1.22. The van der Waals surface area contributed by atoms with E-state index in [1.165, 1.54) is 11.3 Å². The number of nitrogens with one attached hydrogen (secondary N) is 1. The van der Waals surface area contributed by atoms with Gasteiger partial charge in [0.15, 0.2) is 5.82 Å². The van der Waals surface area contributed by atoms with E-state index in [1.807, 2.05) is 0 Å².